The van der Waals surface area contributed by atoms with Gasteiger partial charge in [0.05, 0.1) is 6.54 Å². The number of aldehydes is 1. The Hall–Kier alpha value is -2.15. The molecule has 15 heavy (non-hydrogen) atoms. The lowest BCUT2D eigenvalue weighted by atomic mass is 10.2. The van der Waals surface area contributed by atoms with Gasteiger partial charge in [0.2, 0.25) is 5.91 Å². The molecule has 4 nitrogen and oxygen atoms in total. The van der Waals surface area contributed by atoms with Gasteiger partial charge in [-0.05, 0) is 18.1 Å². The van der Waals surface area contributed by atoms with Crippen LogP contribution in [-0.4, -0.2) is 23.7 Å². The molecule has 0 saturated carbocycles. The van der Waals surface area contributed by atoms with Crippen molar-refractivity contribution in [3.8, 4) is 11.8 Å². The first-order valence-corrected chi connectivity index (χ1v) is 4.37. The molecule has 0 saturated heterocycles. The van der Waals surface area contributed by atoms with E-state index < -0.39 is 0 Å². The van der Waals surface area contributed by atoms with Crippen LogP contribution in [0.3, 0.4) is 0 Å². The van der Waals surface area contributed by atoms with Gasteiger partial charge in [0.1, 0.15) is 5.69 Å². The molecule has 0 spiro atoms. The van der Waals surface area contributed by atoms with E-state index >= 15 is 0 Å². The summed E-state index contributed by atoms with van der Waals surface area (Å²) in [5.74, 6) is 5.28. The number of hydrogen-bond acceptors (Lipinski definition) is 3. The van der Waals surface area contributed by atoms with E-state index in [-0.39, 0.29) is 12.5 Å². The summed E-state index contributed by atoms with van der Waals surface area (Å²) in [6.45, 7) is 1.67. The van der Waals surface area contributed by atoms with Gasteiger partial charge in [-0.2, -0.15) is 0 Å². The Morgan fingerprint density at radius 1 is 1.67 bits per heavy atom. The van der Waals surface area contributed by atoms with Gasteiger partial charge >= 0.3 is 0 Å². The van der Waals surface area contributed by atoms with Crippen LogP contribution in [0, 0.1) is 11.8 Å². The molecule has 0 radical (unpaired) electrons. The molecule has 76 valence electrons. The van der Waals surface area contributed by atoms with Gasteiger partial charge in [-0.3, -0.25) is 9.59 Å². The second-order valence-electron chi connectivity index (χ2n) is 2.77. The van der Waals surface area contributed by atoms with Crippen molar-refractivity contribution in [2.24, 2.45) is 0 Å². The highest BCUT2D eigenvalue weighted by molar-refractivity contribution is 5.78. The van der Waals surface area contributed by atoms with E-state index in [9.17, 15) is 9.59 Å². The maximum absolute atomic E-state index is 10.6. The Kier molecular flexibility index (Phi) is 4.05. The number of amides is 1. The molecule has 0 aromatic carbocycles. The van der Waals surface area contributed by atoms with Crippen molar-refractivity contribution < 1.29 is 9.59 Å². The Bertz CT molecular complexity index is 430. The van der Waals surface area contributed by atoms with Gasteiger partial charge < -0.3 is 5.32 Å². The fourth-order valence-electron chi connectivity index (χ4n) is 0.914. The average Bonchev–Trinajstić information content (AvgIpc) is 2.24. The van der Waals surface area contributed by atoms with Crippen molar-refractivity contribution in [2.45, 2.75) is 6.92 Å². The largest absolute Gasteiger partial charge is 0.345 e. The van der Waals surface area contributed by atoms with Gasteiger partial charge in [-0.25, -0.2) is 4.98 Å². The molecule has 1 amide bonds. The van der Waals surface area contributed by atoms with Crippen molar-refractivity contribution in [1.29, 1.82) is 0 Å². The van der Waals surface area contributed by atoms with E-state index in [0.717, 1.165) is 0 Å². The van der Waals surface area contributed by atoms with Crippen LogP contribution in [0.15, 0.2) is 18.3 Å². The molecule has 1 aromatic heterocycles. The minimum Gasteiger partial charge on any atom is -0.345 e. The molecule has 0 aliphatic rings. The van der Waals surface area contributed by atoms with E-state index in [1.807, 2.05) is 0 Å². The number of nitrogens with zero attached hydrogens (tertiary/aromatic N) is 1. The summed E-state index contributed by atoms with van der Waals surface area (Å²) in [4.78, 5) is 25.1. The lowest BCUT2D eigenvalue weighted by molar-refractivity contribution is -0.118. The highest BCUT2D eigenvalue weighted by Crippen LogP contribution is 1.99. The van der Waals surface area contributed by atoms with Crippen LogP contribution in [-0.2, 0) is 4.79 Å². The lowest BCUT2D eigenvalue weighted by Gasteiger charge is -1.94. The molecule has 1 heterocycles. The maximum Gasteiger partial charge on any atom is 0.217 e. The summed E-state index contributed by atoms with van der Waals surface area (Å²) >= 11 is 0. The number of aromatic nitrogens is 1. The molecule has 4 heteroatoms. The third-order valence-electron chi connectivity index (χ3n) is 1.60. The quantitative estimate of drug-likeness (QED) is 0.557. The number of rotatable bonds is 2. The highest BCUT2D eigenvalue weighted by atomic mass is 16.1. The molecule has 0 unspecified atom stereocenters. The maximum atomic E-state index is 10.6. The van der Waals surface area contributed by atoms with Crippen LogP contribution in [0.2, 0.25) is 0 Å². The normalized spacial score (nSPS) is 8.60. The summed E-state index contributed by atoms with van der Waals surface area (Å²) in [7, 11) is 0. The summed E-state index contributed by atoms with van der Waals surface area (Å²) in [5.41, 5.74) is 0.880. The van der Waals surface area contributed by atoms with Gasteiger partial charge in [-0.1, -0.05) is 5.92 Å². The SMILES string of the molecule is CC(=O)NCC#Cc1ncccc1C=O. The third kappa shape index (κ3) is 3.61. The van der Waals surface area contributed by atoms with Gasteiger partial charge in [0.25, 0.3) is 0 Å². The minimum absolute atomic E-state index is 0.138. The second kappa shape index (κ2) is 5.55. The molecular formula is C11H10N2O2. The van der Waals surface area contributed by atoms with Gasteiger partial charge in [-0.15, -0.1) is 0 Å². The van der Waals surface area contributed by atoms with Gasteiger partial charge in [0, 0.05) is 18.7 Å². The smallest absolute Gasteiger partial charge is 0.217 e. The van der Waals surface area contributed by atoms with E-state index in [1.165, 1.54) is 6.92 Å². The van der Waals surface area contributed by atoms with Crippen LogP contribution in [0.1, 0.15) is 23.0 Å². The van der Waals surface area contributed by atoms with Crippen LogP contribution in [0.4, 0.5) is 0 Å². The zero-order chi connectivity index (χ0) is 11.1. The Morgan fingerprint density at radius 3 is 3.13 bits per heavy atom. The topological polar surface area (TPSA) is 59.1 Å². The van der Waals surface area contributed by atoms with Crippen LogP contribution < -0.4 is 5.32 Å². The molecule has 0 aliphatic carbocycles. The monoisotopic (exact) mass is 202 g/mol. The molecule has 1 aromatic rings. The average molecular weight is 202 g/mol. The van der Waals surface area contributed by atoms with Crippen molar-refractivity contribution in [3.05, 3.63) is 29.6 Å². The first-order chi connectivity index (χ1) is 7.24. The zero-order valence-corrected chi connectivity index (χ0v) is 8.28. The predicted octanol–water partition coefficient (Wildman–Crippen LogP) is 0.382. The third-order valence-corrected chi connectivity index (χ3v) is 1.60. The molecule has 0 aliphatic heterocycles. The van der Waals surface area contributed by atoms with Crippen LogP contribution in [0.25, 0.3) is 0 Å². The van der Waals surface area contributed by atoms with E-state index in [4.69, 9.17) is 0 Å². The number of carbonyl (C=O) groups excluding carboxylic acids is 2. The Labute approximate surface area is 87.7 Å². The number of nitrogens with one attached hydrogen (secondary N) is 1. The molecule has 1 N–H and O–H groups in total. The van der Waals surface area contributed by atoms with Crippen molar-refractivity contribution in [1.82, 2.24) is 10.3 Å². The first kappa shape index (κ1) is 10.9. The van der Waals surface area contributed by atoms with Gasteiger partial charge in [0.15, 0.2) is 6.29 Å². The minimum atomic E-state index is -0.138. The molecule has 0 fully saturated rings. The second-order valence-corrected chi connectivity index (χ2v) is 2.77. The van der Waals surface area contributed by atoms with Crippen LogP contribution >= 0.6 is 0 Å². The summed E-state index contributed by atoms with van der Waals surface area (Å²) < 4.78 is 0. The molecule has 1 rings (SSSR count). The Balaban J connectivity index is 2.70. The van der Waals surface area contributed by atoms with E-state index in [0.29, 0.717) is 17.5 Å². The molecule has 0 atom stereocenters. The van der Waals surface area contributed by atoms with Crippen molar-refractivity contribution in [2.75, 3.05) is 6.54 Å². The number of pyridine rings is 1. The standard InChI is InChI=1S/C11H10N2O2/c1-9(15)12-6-3-5-11-10(8-14)4-2-7-13-11/h2,4,7-8H,6H2,1H3,(H,12,15). The summed E-state index contributed by atoms with van der Waals surface area (Å²) in [5, 5.41) is 2.52. The zero-order valence-electron chi connectivity index (χ0n) is 8.28. The highest BCUT2D eigenvalue weighted by Gasteiger charge is 1.96. The fourth-order valence-corrected chi connectivity index (χ4v) is 0.914. The fraction of sp³-hybridized carbons (Fsp3) is 0.182. The predicted molar refractivity (Wildman–Crippen MR) is 55.2 cm³/mol. The number of hydrogen-bond donors (Lipinski definition) is 1. The molecular weight excluding hydrogens is 192 g/mol. The van der Waals surface area contributed by atoms with Crippen molar-refractivity contribution >= 4 is 12.2 Å². The van der Waals surface area contributed by atoms with E-state index in [2.05, 4.69) is 22.1 Å². The van der Waals surface area contributed by atoms with Crippen molar-refractivity contribution in [3.63, 3.8) is 0 Å². The lowest BCUT2D eigenvalue weighted by Crippen LogP contribution is -2.19. The molecule has 0 bridgehead atoms. The Morgan fingerprint density at radius 2 is 2.47 bits per heavy atom. The van der Waals surface area contributed by atoms with E-state index in [1.54, 1.807) is 18.3 Å². The summed E-state index contributed by atoms with van der Waals surface area (Å²) in [6.07, 6.45) is 2.27. The number of carbonyl (C=O) groups is 2. The summed E-state index contributed by atoms with van der Waals surface area (Å²) in [6, 6.07) is 3.31. The van der Waals surface area contributed by atoms with Crippen LogP contribution in [0.5, 0.6) is 0 Å². The first-order valence-electron chi connectivity index (χ1n) is 4.37.